The molecule has 0 fully saturated rings. The Morgan fingerprint density at radius 1 is 1.24 bits per heavy atom. The van der Waals surface area contributed by atoms with Crippen molar-refractivity contribution in [1.29, 1.82) is 5.26 Å². The zero-order valence-electron chi connectivity index (χ0n) is 11.3. The van der Waals surface area contributed by atoms with E-state index in [1.165, 1.54) is 24.3 Å². The van der Waals surface area contributed by atoms with Gasteiger partial charge in [0.15, 0.2) is 11.6 Å². The largest absolute Gasteiger partial charge is 0.453 e. The van der Waals surface area contributed by atoms with E-state index in [0.29, 0.717) is 23.3 Å². The minimum absolute atomic E-state index is 0.0661. The van der Waals surface area contributed by atoms with Crippen molar-refractivity contribution < 1.29 is 9.13 Å². The van der Waals surface area contributed by atoms with Gasteiger partial charge in [-0.3, -0.25) is 0 Å². The van der Waals surface area contributed by atoms with Crippen LogP contribution in [-0.4, -0.2) is 0 Å². The van der Waals surface area contributed by atoms with E-state index < -0.39 is 5.82 Å². The molecular weight excluding hydrogens is 289 g/mol. The van der Waals surface area contributed by atoms with Gasteiger partial charge < -0.3 is 4.74 Å². The molecule has 0 aliphatic heterocycles. The molecule has 0 aliphatic carbocycles. The molecule has 0 amide bonds. The van der Waals surface area contributed by atoms with Crippen LogP contribution in [0.4, 0.5) is 4.39 Å². The summed E-state index contributed by atoms with van der Waals surface area (Å²) in [5, 5.41) is 9.20. The van der Waals surface area contributed by atoms with Gasteiger partial charge in [0.25, 0.3) is 0 Å². The maximum absolute atomic E-state index is 13.7. The summed E-state index contributed by atoms with van der Waals surface area (Å²) in [6, 6.07) is 11.1. The van der Waals surface area contributed by atoms with E-state index in [2.05, 4.69) is 11.8 Å². The average molecular weight is 300 g/mol. The lowest BCUT2D eigenvalue weighted by molar-refractivity contribution is 0.442. The maximum Gasteiger partial charge on any atom is 0.181 e. The van der Waals surface area contributed by atoms with E-state index >= 15 is 0 Å². The maximum atomic E-state index is 13.7. The van der Waals surface area contributed by atoms with Crippen molar-refractivity contribution in [1.82, 2.24) is 0 Å². The Morgan fingerprint density at radius 3 is 2.67 bits per heavy atom. The van der Waals surface area contributed by atoms with Gasteiger partial charge in [0.05, 0.1) is 16.7 Å². The molecule has 0 aromatic heterocycles. The second-order valence-corrected chi connectivity index (χ2v) is 4.57. The highest BCUT2D eigenvalue weighted by Crippen LogP contribution is 2.32. The number of benzene rings is 2. The van der Waals surface area contributed by atoms with E-state index in [0.717, 1.165) is 0 Å². The Morgan fingerprint density at radius 2 is 2.00 bits per heavy atom. The molecule has 2 aromatic carbocycles. The smallest absolute Gasteiger partial charge is 0.181 e. The van der Waals surface area contributed by atoms with E-state index in [1.54, 1.807) is 12.1 Å². The molecule has 2 rings (SSSR count). The topological polar surface area (TPSA) is 33.0 Å². The van der Waals surface area contributed by atoms with Crippen LogP contribution in [0.25, 0.3) is 0 Å². The Kier molecular flexibility index (Phi) is 4.82. The van der Waals surface area contributed by atoms with Crippen molar-refractivity contribution in [2.24, 2.45) is 0 Å². The first-order valence-corrected chi connectivity index (χ1v) is 6.67. The van der Waals surface area contributed by atoms with Gasteiger partial charge in [0, 0.05) is 12.0 Å². The Labute approximate surface area is 127 Å². The third-order valence-electron chi connectivity index (χ3n) is 2.58. The average Bonchev–Trinajstić information content (AvgIpc) is 2.49. The summed E-state index contributed by atoms with van der Waals surface area (Å²) in [5.41, 5.74) is 1.03. The molecule has 0 radical (unpaired) electrons. The molecule has 0 heterocycles. The number of hydrogen-bond donors (Lipinski definition) is 0. The first-order valence-electron chi connectivity index (χ1n) is 6.30. The van der Waals surface area contributed by atoms with Gasteiger partial charge in [-0.05, 0) is 30.3 Å². The summed E-state index contributed by atoms with van der Waals surface area (Å²) >= 11 is 5.92. The van der Waals surface area contributed by atoms with E-state index in [9.17, 15) is 4.39 Å². The number of nitrogens with zero attached hydrogens (tertiary/aromatic N) is 1. The van der Waals surface area contributed by atoms with Gasteiger partial charge in [0.2, 0.25) is 0 Å². The van der Waals surface area contributed by atoms with Crippen molar-refractivity contribution in [3.63, 3.8) is 0 Å². The standard InChI is InChI=1S/C17H11ClFNO/c1-2-3-5-12-8-13(11-20)10-14(9-12)21-17-15(18)6-4-7-16(17)19/h4,6-10H,2H2,1H3. The number of para-hydroxylation sites is 1. The van der Waals surface area contributed by atoms with Gasteiger partial charge in [-0.2, -0.15) is 5.26 Å². The normalized spacial score (nSPS) is 9.43. The van der Waals surface area contributed by atoms with Gasteiger partial charge >= 0.3 is 0 Å². The predicted octanol–water partition coefficient (Wildman–Crippen LogP) is 4.90. The van der Waals surface area contributed by atoms with Crippen LogP contribution in [0.15, 0.2) is 36.4 Å². The molecular formula is C17H11ClFNO. The molecule has 2 nitrogen and oxygen atoms in total. The summed E-state index contributed by atoms with van der Waals surface area (Å²) < 4.78 is 19.2. The monoisotopic (exact) mass is 299 g/mol. The SMILES string of the molecule is CCC#Cc1cc(C#N)cc(Oc2c(F)cccc2Cl)c1. The van der Waals surface area contributed by atoms with Crippen molar-refractivity contribution >= 4 is 11.6 Å². The van der Waals surface area contributed by atoms with Crippen LogP contribution in [0.3, 0.4) is 0 Å². The van der Waals surface area contributed by atoms with Gasteiger partial charge in [-0.1, -0.05) is 36.4 Å². The zero-order valence-corrected chi connectivity index (χ0v) is 12.0. The van der Waals surface area contributed by atoms with Crippen LogP contribution < -0.4 is 4.74 Å². The van der Waals surface area contributed by atoms with Crippen LogP contribution in [0.2, 0.25) is 5.02 Å². The molecule has 104 valence electrons. The fourth-order valence-corrected chi connectivity index (χ4v) is 1.88. The number of nitriles is 1. The molecule has 21 heavy (non-hydrogen) atoms. The van der Waals surface area contributed by atoms with E-state index in [-0.39, 0.29) is 10.8 Å². The van der Waals surface area contributed by atoms with Crippen LogP contribution in [0.1, 0.15) is 24.5 Å². The first-order chi connectivity index (χ1) is 10.1. The lowest BCUT2D eigenvalue weighted by Crippen LogP contribution is -1.91. The molecule has 0 aliphatic rings. The highest BCUT2D eigenvalue weighted by Gasteiger charge is 2.10. The molecule has 0 saturated carbocycles. The number of rotatable bonds is 2. The van der Waals surface area contributed by atoms with E-state index in [4.69, 9.17) is 21.6 Å². The van der Waals surface area contributed by atoms with Crippen LogP contribution >= 0.6 is 11.6 Å². The number of ether oxygens (including phenoxy) is 1. The molecule has 0 unspecified atom stereocenters. The van der Waals surface area contributed by atoms with Crippen molar-refractivity contribution in [3.8, 4) is 29.4 Å². The van der Waals surface area contributed by atoms with Crippen LogP contribution in [0.5, 0.6) is 11.5 Å². The quantitative estimate of drug-likeness (QED) is 0.739. The molecule has 0 N–H and O–H groups in total. The van der Waals surface area contributed by atoms with Gasteiger partial charge in [-0.15, -0.1) is 0 Å². The first kappa shape index (κ1) is 14.9. The fourth-order valence-electron chi connectivity index (χ4n) is 1.68. The number of hydrogen-bond acceptors (Lipinski definition) is 2. The molecule has 0 bridgehead atoms. The molecule has 0 spiro atoms. The third kappa shape index (κ3) is 3.75. The van der Waals surface area contributed by atoms with Crippen molar-refractivity contribution in [2.45, 2.75) is 13.3 Å². The number of halogens is 2. The summed E-state index contributed by atoms with van der Waals surface area (Å²) in [5.74, 6) is 5.52. The lowest BCUT2D eigenvalue weighted by Gasteiger charge is -2.09. The van der Waals surface area contributed by atoms with Crippen molar-refractivity contribution in [3.05, 3.63) is 58.4 Å². The summed E-state index contributed by atoms with van der Waals surface area (Å²) in [4.78, 5) is 0. The highest BCUT2D eigenvalue weighted by molar-refractivity contribution is 6.32. The minimum atomic E-state index is -0.564. The summed E-state index contributed by atoms with van der Waals surface area (Å²) in [7, 11) is 0. The molecule has 2 aromatic rings. The van der Waals surface area contributed by atoms with Gasteiger partial charge in [0.1, 0.15) is 5.75 Å². The fraction of sp³-hybridized carbons (Fsp3) is 0.118. The third-order valence-corrected chi connectivity index (χ3v) is 2.88. The summed E-state index contributed by atoms with van der Waals surface area (Å²) in [6.07, 6.45) is 0.701. The minimum Gasteiger partial charge on any atom is -0.453 e. The predicted molar refractivity (Wildman–Crippen MR) is 79.8 cm³/mol. The highest BCUT2D eigenvalue weighted by atomic mass is 35.5. The molecule has 0 atom stereocenters. The second-order valence-electron chi connectivity index (χ2n) is 4.17. The Balaban J connectivity index is 2.42. The molecule has 0 saturated heterocycles. The van der Waals surface area contributed by atoms with Gasteiger partial charge in [-0.25, -0.2) is 4.39 Å². The zero-order chi connectivity index (χ0) is 15.2. The van der Waals surface area contributed by atoms with Crippen molar-refractivity contribution in [2.75, 3.05) is 0 Å². The Bertz CT molecular complexity index is 748. The Hall–Kier alpha value is -2.49. The van der Waals surface area contributed by atoms with Crippen LogP contribution in [0, 0.1) is 29.0 Å². The molecule has 4 heteroatoms. The van der Waals surface area contributed by atoms with Crippen LogP contribution in [-0.2, 0) is 0 Å². The van der Waals surface area contributed by atoms with E-state index in [1.807, 2.05) is 13.0 Å². The summed E-state index contributed by atoms with van der Waals surface area (Å²) in [6.45, 7) is 1.93. The second kappa shape index (κ2) is 6.79. The lowest BCUT2D eigenvalue weighted by atomic mass is 10.1.